The smallest absolute Gasteiger partial charge is 0.323 e. The summed E-state index contributed by atoms with van der Waals surface area (Å²) >= 11 is 0. The Morgan fingerprint density at radius 3 is 2.50 bits per heavy atom. The van der Waals surface area contributed by atoms with Crippen LogP contribution in [0, 0.1) is 5.92 Å². The minimum absolute atomic E-state index is 0.0302. The molecule has 0 atom stereocenters. The zero-order valence-electron chi connectivity index (χ0n) is 9.25. The first-order valence-corrected chi connectivity index (χ1v) is 5.30. The number of urea groups is 1. The maximum atomic E-state index is 11.5. The van der Waals surface area contributed by atoms with E-state index in [1.54, 1.807) is 0 Å². The summed E-state index contributed by atoms with van der Waals surface area (Å²) in [5.74, 6) is 0.741. The van der Waals surface area contributed by atoms with Crippen molar-refractivity contribution in [2.45, 2.75) is 39.7 Å². The Labute approximate surface area is 85.6 Å². The van der Waals surface area contributed by atoms with Crippen molar-refractivity contribution in [3.8, 4) is 0 Å². The van der Waals surface area contributed by atoms with Gasteiger partial charge in [0.2, 0.25) is 0 Å². The Kier molecular flexibility index (Phi) is 4.20. The number of piperidine rings is 1. The fourth-order valence-corrected chi connectivity index (χ4v) is 1.44. The van der Waals surface area contributed by atoms with E-state index in [0.717, 1.165) is 31.8 Å². The summed E-state index contributed by atoms with van der Waals surface area (Å²) in [5.41, 5.74) is 2.45. The highest BCUT2D eigenvalue weighted by molar-refractivity contribution is 5.73. The van der Waals surface area contributed by atoms with Gasteiger partial charge < -0.3 is 4.90 Å². The minimum Gasteiger partial charge on any atom is -0.323 e. The predicted octanol–water partition coefficient (Wildman–Crippen LogP) is 1.77. The summed E-state index contributed by atoms with van der Waals surface area (Å²) in [6.07, 6.45) is 2.21. The summed E-state index contributed by atoms with van der Waals surface area (Å²) < 4.78 is 0. The van der Waals surface area contributed by atoms with Crippen LogP contribution >= 0.6 is 0 Å². The first-order chi connectivity index (χ1) is 6.59. The SMILES string of the molecule is CC1CCN(C(=O)NOC(C)C)CC1. The van der Waals surface area contributed by atoms with Crippen LogP contribution in [0.4, 0.5) is 4.79 Å². The van der Waals surface area contributed by atoms with Gasteiger partial charge in [0.25, 0.3) is 0 Å². The second-order valence-corrected chi connectivity index (χ2v) is 4.24. The van der Waals surface area contributed by atoms with Crippen molar-refractivity contribution < 1.29 is 9.63 Å². The van der Waals surface area contributed by atoms with Crippen LogP contribution in [0.2, 0.25) is 0 Å². The largest absolute Gasteiger partial charge is 0.341 e. The van der Waals surface area contributed by atoms with E-state index in [2.05, 4.69) is 12.4 Å². The van der Waals surface area contributed by atoms with Crippen molar-refractivity contribution in [2.75, 3.05) is 13.1 Å². The molecular weight excluding hydrogens is 180 g/mol. The summed E-state index contributed by atoms with van der Waals surface area (Å²) in [7, 11) is 0. The highest BCUT2D eigenvalue weighted by Gasteiger charge is 2.20. The molecule has 1 rings (SSSR count). The third kappa shape index (κ3) is 3.54. The number of likely N-dealkylation sites (tertiary alicyclic amines) is 1. The zero-order valence-corrected chi connectivity index (χ0v) is 9.25. The average molecular weight is 200 g/mol. The van der Waals surface area contributed by atoms with E-state index < -0.39 is 0 Å². The third-order valence-corrected chi connectivity index (χ3v) is 2.45. The van der Waals surface area contributed by atoms with E-state index in [9.17, 15) is 4.79 Å². The van der Waals surface area contributed by atoms with Gasteiger partial charge in [0.1, 0.15) is 0 Å². The molecule has 0 unspecified atom stereocenters. The molecule has 1 aliphatic rings. The van der Waals surface area contributed by atoms with E-state index in [-0.39, 0.29) is 12.1 Å². The number of hydroxylamine groups is 1. The van der Waals surface area contributed by atoms with Crippen LogP contribution < -0.4 is 5.48 Å². The third-order valence-electron chi connectivity index (χ3n) is 2.45. The molecule has 1 aliphatic heterocycles. The number of nitrogens with zero attached hydrogens (tertiary/aromatic N) is 1. The Morgan fingerprint density at radius 1 is 1.43 bits per heavy atom. The van der Waals surface area contributed by atoms with Gasteiger partial charge in [-0.1, -0.05) is 6.92 Å². The molecular formula is C10H20N2O2. The molecule has 4 heteroatoms. The van der Waals surface area contributed by atoms with Gasteiger partial charge in [0.15, 0.2) is 0 Å². The maximum absolute atomic E-state index is 11.5. The van der Waals surface area contributed by atoms with E-state index in [1.165, 1.54) is 0 Å². The summed E-state index contributed by atoms with van der Waals surface area (Å²) in [6.45, 7) is 7.68. The van der Waals surface area contributed by atoms with Crippen LogP contribution in [0.5, 0.6) is 0 Å². The molecule has 14 heavy (non-hydrogen) atoms. The normalized spacial score (nSPS) is 18.7. The number of rotatable bonds is 2. The summed E-state index contributed by atoms with van der Waals surface area (Å²) in [5, 5.41) is 0. The van der Waals surface area contributed by atoms with Crippen molar-refractivity contribution in [3.63, 3.8) is 0 Å². The number of nitrogens with one attached hydrogen (secondary N) is 1. The monoisotopic (exact) mass is 200 g/mol. The lowest BCUT2D eigenvalue weighted by Crippen LogP contribution is -2.44. The van der Waals surface area contributed by atoms with Crippen LogP contribution in [0.3, 0.4) is 0 Å². The van der Waals surface area contributed by atoms with Crippen molar-refractivity contribution in [2.24, 2.45) is 5.92 Å². The fraction of sp³-hybridized carbons (Fsp3) is 0.900. The quantitative estimate of drug-likeness (QED) is 0.690. The van der Waals surface area contributed by atoms with E-state index >= 15 is 0 Å². The fourth-order valence-electron chi connectivity index (χ4n) is 1.44. The molecule has 0 aromatic carbocycles. The van der Waals surface area contributed by atoms with Gasteiger partial charge >= 0.3 is 6.03 Å². The molecule has 0 bridgehead atoms. The number of carbonyl (C=O) groups excluding carboxylic acids is 1. The summed E-state index contributed by atoms with van der Waals surface area (Å²) in [6, 6.07) is -0.106. The van der Waals surface area contributed by atoms with Gasteiger partial charge in [0.05, 0.1) is 6.10 Å². The van der Waals surface area contributed by atoms with E-state index in [4.69, 9.17) is 4.84 Å². The average Bonchev–Trinajstić information content (AvgIpc) is 2.15. The molecule has 4 nitrogen and oxygen atoms in total. The summed E-state index contributed by atoms with van der Waals surface area (Å²) in [4.78, 5) is 18.3. The lowest BCUT2D eigenvalue weighted by molar-refractivity contribution is 0.00460. The van der Waals surface area contributed by atoms with Crippen LogP contribution in [0.1, 0.15) is 33.6 Å². The van der Waals surface area contributed by atoms with Crippen molar-refractivity contribution in [1.82, 2.24) is 10.4 Å². The Balaban J connectivity index is 2.24. The molecule has 0 aliphatic carbocycles. The highest BCUT2D eigenvalue weighted by atomic mass is 16.7. The van der Waals surface area contributed by atoms with E-state index in [0.29, 0.717) is 0 Å². The molecule has 0 radical (unpaired) electrons. The maximum Gasteiger partial charge on any atom is 0.341 e. The Hall–Kier alpha value is -0.770. The van der Waals surface area contributed by atoms with Gasteiger partial charge in [0, 0.05) is 13.1 Å². The number of amides is 2. The lowest BCUT2D eigenvalue weighted by Gasteiger charge is -2.30. The van der Waals surface area contributed by atoms with Crippen LogP contribution in [-0.2, 0) is 4.84 Å². The first kappa shape index (κ1) is 11.3. The Morgan fingerprint density at radius 2 is 2.00 bits per heavy atom. The molecule has 0 saturated carbocycles. The second kappa shape index (κ2) is 5.20. The standard InChI is InChI=1S/C10H20N2O2/c1-8(2)14-11-10(13)12-6-4-9(3)5-7-12/h8-9H,4-7H2,1-3H3,(H,11,13). The predicted molar refractivity (Wildman–Crippen MR) is 54.7 cm³/mol. The lowest BCUT2D eigenvalue weighted by atomic mass is 10.00. The molecule has 1 fully saturated rings. The molecule has 0 spiro atoms. The van der Waals surface area contributed by atoms with Crippen molar-refractivity contribution in [1.29, 1.82) is 0 Å². The van der Waals surface area contributed by atoms with Crippen molar-refractivity contribution >= 4 is 6.03 Å². The van der Waals surface area contributed by atoms with Gasteiger partial charge in [-0.15, -0.1) is 0 Å². The van der Waals surface area contributed by atoms with Gasteiger partial charge in [-0.2, -0.15) is 0 Å². The highest BCUT2D eigenvalue weighted by Crippen LogP contribution is 2.15. The molecule has 2 amide bonds. The minimum atomic E-state index is -0.106. The van der Waals surface area contributed by atoms with Gasteiger partial charge in [-0.05, 0) is 32.6 Å². The number of hydrogen-bond donors (Lipinski definition) is 1. The second-order valence-electron chi connectivity index (χ2n) is 4.24. The first-order valence-electron chi connectivity index (χ1n) is 5.30. The van der Waals surface area contributed by atoms with Crippen LogP contribution in [0.25, 0.3) is 0 Å². The van der Waals surface area contributed by atoms with Crippen LogP contribution in [0.15, 0.2) is 0 Å². The molecule has 0 aromatic heterocycles. The molecule has 1 saturated heterocycles. The Bertz CT molecular complexity index is 187. The van der Waals surface area contributed by atoms with Gasteiger partial charge in [-0.3, -0.25) is 4.84 Å². The zero-order chi connectivity index (χ0) is 10.6. The number of carbonyl (C=O) groups is 1. The number of hydrogen-bond acceptors (Lipinski definition) is 2. The van der Waals surface area contributed by atoms with Gasteiger partial charge in [-0.25, -0.2) is 10.3 Å². The van der Waals surface area contributed by atoms with Crippen molar-refractivity contribution in [3.05, 3.63) is 0 Å². The molecule has 1 heterocycles. The molecule has 1 N–H and O–H groups in total. The van der Waals surface area contributed by atoms with Crippen LogP contribution in [-0.4, -0.2) is 30.1 Å². The topological polar surface area (TPSA) is 41.6 Å². The van der Waals surface area contributed by atoms with E-state index in [1.807, 2.05) is 18.7 Å². The molecule has 82 valence electrons. The molecule has 0 aromatic rings.